The van der Waals surface area contributed by atoms with Crippen LogP contribution in [0, 0.1) is 0 Å². The van der Waals surface area contributed by atoms with Gasteiger partial charge < -0.3 is 10.2 Å². The first-order valence-corrected chi connectivity index (χ1v) is 13.7. The predicted octanol–water partition coefficient (Wildman–Crippen LogP) is 6.60. The Morgan fingerprint density at radius 1 is 0.974 bits per heavy atom. The number of amides is 1. The molecule has 0 atom stereocenters. The first-order valence-electron chi connectivity index (χ1n) is 12.9. The number of fused-ring (bicyclic) bond motifs is 1. The van der Waals surface area contributed by atoms with Gasteiger partial charge in [0.25, 0.3) is 5.56 Å². The quantitative estimate of drug-likeness (QED) is 0.282. The van der Waals surface area contributed by atoms with Crippen LogP contribution >= 0.6 is 23.2 Å². The maximum absolute atomic E-state index is 13.2. The van der Waals surface area contributed by atoms with Crippen LogP contribution in [0.2, 0.25) is 10.0 Å². The fourth-order valence-corrected chi connectivity index (χ4v) is 5.77. The van der Waals surface area contributed by atoms with E-state index in [1.165, 1.54) is 12.5 Å². The molecule has 196 valence electrons. The molecule has 2 heterocycles. The van der Waals surface area contributed by atoms with Crippen LogP contribution in [0.25, 0.3) is 22.0 Å². The highest BCUT2D eigenvalue weighted by Crippen LogP contribution is 2.33. The number of nitrogens with zero attached hydrogens (tertiary/aromatic N) is 3. The number of rotatable bonds is 7. The molecule has 38 heavy (non-hydrogen) atoms. The molecule has 5 rings (SSSR count). The molecular weight excluding hydrogens is 519 g/mol. The molecule has 4 aromatic rings. The van der Waals surface area contributed by atoms with Crippen LogP contribution in [0.3, 0.4) is 0 Å². The third-order valence-corrected chi connectivity index (χ3v) is 7.71. The fraction of sp³-hybridized carbons (Fsp3) is 0.300. The van der Waals surface area contributed by atoms with Crippen molar-refractivity contribution in [1.29, 1.82) is 0 Å². The minimum atomic E-state index is -0.0906. The lowest BCUT2D eigenvalue weighted by atomic mass is 9.89. The van der Waals surface area contributed by atoms with E-state index in [-0.39, 0.29) is 11.5 Å². The van der Waals surface area contributed by atoms with Crippen molar-refractivity contribution in [3.8, 4) is 11.3 Å². The monoisotopic (exact) mass is 548 g/mol. The van der Waals surface area contributed by atoms with E-state index in [1.807, 2.05) is 42.5 Å². The Balaban J connectivity index is 1.25. The first kappa shape index (κ1) is 26.4. The maximum atomic E-state index is 13.2. The van der Waals surface area contributed by atoms with E-state index < -0.39 is 0 Å². The second-order valence-corrected chi connectivity index (χ2v) is 10.7. The molecule has 0 radical (unpaired) electrons. The van der Waals surface area contributed by atoms with Crippen molar-refractivity contribution in [3.63, 3.8) is 0 Å². The molecular formula is C30H30Cl2N4O2. The van der Waals surface area contributed by atoms with E-state index in [0.29, 0.717) is 33.6 Å². The van der Waals surface area contributed by atoms with E-state index in [2.05, 4.69) is 22.3 Å². The third kappa shape index (κ3) is 5.93. The van der Waals surface area contributed by atoms with Gasteiger partial charge in [0.1, 0.15) is 5.69 Å². The topological polar surface area (TPSA) is 67.2 Å². The minimum absolute atomic E-state index is 0.0552. The van der Waals surface area contributed by atoms with Gasteiger partial charge in [0.15, 0.2) is 0 Å². The number of benzene rings is 3. The number of piperidine rings is 1. The van der Waals surface area contributed by atoms with Gasteiger partial charge in [-0.1, -0.05) is 53.5 Å². The maximum Gasteiger partial charge on any atom is 0.274 e. The zero-order valence-corrected chi connectivity index (χ0v) is 22.8. The molecule has 1 fully saturated rings. The lowest BCUT2D eigenvalue weighted by molar-refractivity contribution is -0.114. The van der Waals surface area contributed by atoms with Gasteiger partial charge in [-0.2, -0.15) is 5.10 Å². The van der Waals surface area contributed by atoms with Gasteiger partial charge >= 0.3 is 0 Å². The Morgan fingerprint density at radius 3 is 2.47 bits per heavy atom. The summed E-state index contributed by atoms with van der Waals surface area (Å²) >= 11 is 12.6. The highest BCUT2D eigenvalue weighted by atomic mass is 35.5. The smallest absolute Gasteiger partial charge is 0.274 e. The number of nitrogens with one attached hydrogen (secondary N) is 1. The Labute approximate surface area is 232 Å². The summed E-state index contributed by atoms with van der Waals surface area (Å²) in [6.45, 7) is 4.96. The van der Waals surface area contributed by atoms with Crippen LogP contribution in [0.1, 0.15) is 37.7 Å². The van der Waals surface area contributed by atoms with Gasteiger partial charge in [-0.15, -0.1) is 0 Å². The molecule has 0 unspecified atom stereocenters. The summed E-state index contributed by atoms with van der Waals surface area (Å²) in [5.74, 6) is 0.428. The summed E-state index contributed by atoms with van der Waals surface area (Å²) in [6, 6.07) is 21.0. The summed E-state index contributed by atoms with van der Waals surface area (Å²) < 4.78 is 1.57. The Morgan fingerprint density at radius 2 is 1.74 bits per heavy atom. The van der Waals surface area contributed by atoms with Crippen LogP contribution in [-0.4, -0.2) is 40.2 Å². The van der Waals surface area contributed by atoms with Crippen molar-refractivity contribution in [2.24, 2.45) is 0 Å². The van der Waals surface area contributed by atoms with Crippen LogP contribution < -0.4 is 10.9 Å². The number of carbonyl (C=O) groups excluding carboxylic acids is 1. The van der Waals surface area contributed by atoms with E-state index in [0.717, 1.165) is 55.5 Å². The van der Waals surface area contributed by atoms with Crippen molar-refractivity contribution in [2.45, 2.75) is 38.6 Å². The van der Waals surface area contributed by atoms with Crippen LogP contribution in [-0.2, 0) is 11.3 Å². The van der Waals surface area contributed by atoms with E-state index in [1.54, 1.807) is 16.8 Å². The number of hydrogen-bond acceptors (Lipinski definition) is 4. The van der Waals surface area contributed by atoms with Crippen molar-refractivity contribution < 1.29 is 4.79 Å². The second kappa shape index (κ2) is 11.7. The number of carbonyl (C=O) groups is 1. The lowest BCUT2D eigenvalue weighted by Gasteiger charge is -2.32. The first-order chi connectivity index (χ1) is 18.4. The van der Waals surface area contributed by atoms with Crippen LogP contribution in [0.4, 0.5) is 5.69 Å². The van der Waals surface area contributed by atoms with Gasteiger partial charge in [0, 0.05) is 35.1 Å². The summed E-state index contributed by atoms with van der Waals surface area (Å²) in [5.41, 5.74) is 3.48. The molecule has 0 saturated carbocycles. The Hall–Kier alpha value is -3.19. The molecule has 8 heteroatoms. The Kier molecular flexibility index (Phi) is 8.12. The van der Waals surface area contributed by atoms with Gasteiger partial charge in [-0.25, -0.2) is 4.68 Å². The van der Waals surface area contributed by atoms with E-state index >= 15 is 0 Å². The van der Waals surface area contributed by atoms with Crippen LogP contribution in [0.15, 0.2) is 71.5 Å². The molecule has 3 aromatic carbocycles. The zero-order chi connectivity index (χ0) is 26.6. The Bertz CT molecular complexity index is 1530. The average molecular weight is 550 g/mol. The number of anilines is 1. The molecule has 1 aliphatic heterocycles. The number of halogens is 2. The molecule has 6 nitrogen and oxygen atoms in total. The SMILES string of the molecule is CC(=O)Nc1cccc(C2CCN(CCCn3nc(-c4ccc(Cl)cc4Cl)c4ccccc4c3=O)CC2)c1. The van der Waals surface area contributed by atoms with Crippen LogP contribution in [0.5, 0.6) is 0 Å². The fourth-order valence-electron chi connectivity index (χ4n) is 5.27. The molecule has 1 aliphatic rings. The van der Waals surface area contributed by atoms with Crippen molar-refractivity contribution >= 4 is 45.6 Å². The minimum Gasteiger partial charge on any atom is -0.326 e. The predicted molar refractivity (Wildman–Crippen MR) is 155 cm³/mol. The molecule has 1 saturated heterocycles. The number of aromatic nitrogens is 2. The average Bonchev–Trinajstić information content (AvgIpc) is 2.91. The molecule has 0 spiro atoms. The van der Waals surface area contributed by atoms with Gasteiger partial charge in [0.05, 0.1) is 10.4 Å². The third-order valence-electron chi connectivity index (χ3n) is 7.16. The molecule has 1 aromatic heterocycles. The largest absolute Gasteiger partial charge is 0.326 e. The van der Waals surface area contributed by atoms with Gasteiger partial charge in [0.2, 0.25) is 5.91 Å². The van der Waals surface area contributed by atoms with Crippen molar-refractivity contribution in [1.82, 2.24) is 14.7 Å². The highest BCUT2D eigenvalue weighted by Gasteiger charge is 2.21. The van der Waals surface area contributed by atoms with Gasteiger partial charge in [-0.05, 0) is 86.8 Å². The molecule has 1 N–H and O–H groups in total. The lowest BCUT2D eigenvalue weighted by Crippen LogP contribution is -2.34. The standard InChI is InChI=1S/C30H30Cl2N4O2/c1-20(37)33-24-7-4-6-22(18-24)21-12-16-35(17-13-21)14-5-15-36-30(38)26-9-3-2-8-25(26)29(34-36)27-11-10-23(31)19-28(27)32/h2-4,6-11,18-19,21H,5,12-17H2,1H3,(H,33,37). The highest BCUT2D eigenvalue weighted by molar-refractivity contribution is 6.36. The van der Waals surface area contributed by atoms with Gasteiger partial charge in [-0.3, -0.25) is 9.59 Å². The van der Waals surface area contributed by atoms with Crippen molar-refractivity contribution in [3.05, 3.63) is 92.7 Å². The summed E-state index contributed by atoms with van der Waals surface area (Å²) in [6.07, 6.45) is 2.95. The molecule has 1 amide bonds. The zero-order valence-electron chi connectivity index (χ0n) is 21.3. The number of likely N-dealkylation sites (tertiary alicyclic amines) is 1. The second-order valence-electron chi connectivity index (χ2n) is 9.82. The molecule has 0 bridgehead atoms. The summed E-state index contributed by atoms with van der Waals surface area (Å²) in [7, 11) is 0. The molecule has 0 aliphatic carbocycles. The normalized spacial score (nSPS) is 14.6. The van der Waals surface area contributed by atoms with E-state index in [9.17, 15) is 9.59 Å². The summed E-state index contributed by atoms with van der Waals surface area (Å²) in [5, 5.41) is 10.1. The van der Waals surface area contributed by atoms with Crippen molar-refractivity contribution in [2.75, 3.05) is 25.0 Å². The number of aryl methyl sites for hydroxylation is 1. The summed E-state index contributed by atoms with van der Waals surface area (Å²) in [4.78, 5) is 27.1. The van der Waals surface area contributed by atoms with E-state index in [4.69, 9.17) is 28.3 Å². The number of hydrogen-bond donors (Lipinski definition) is 1.